The van der Waals surface area contributed by atoms with E-state index in [1.807, 2.05) is 18.2 Å². The van der Waals surface area contributed by atoms with E-state index in [-0.39, 0.29) is 18.4 Å². The van der Waals surface area contributed by atoms with Crippen molar-refractivity contribution < 1.29 is 26.4 Å². The molecule has 20 heavy (non-hydrogen) atoms. The molecule has 1 atom stereocenters. The predicted octanol–water partition coefficient (Wildman–Crippen LogP) is -0.0527. The van der Waals surface area contributed by atoms with Crippen LogP contribution in [0.3, 0.4) is 0 Å². The van der Waals surface area contributed by atoms with Gasteiger partial charge in [-0.1, -0.05) is 36.9 Å². The summed E-state index contributed by atoms with van der Waals surface area (Å²) in [5.74, 6) is -0.312. The summed E-state index contributed by atoms with van der Waals surface area (Å²) >= 11 is 0. The zero-order chi connectivity index (χ0) is 14.5. The molecule has 1 rings (SSSR count). The van der Waals surface area contributed by atoms with Crippen LogP contribution >= 0.6 is 0 Å². The molecule has 1 aromatic rings. The van der Waals surface area contributed by atoms with Crippen molar-refractivity contribution >= 4 is 5.97 Å². The van der Waals surface area contributed by atoms with Crippen molar-refractivity contribution in [1.82, 2.24) is 0 Å². The molecule has 0 heterocycles. The summed E-state index contributed by atoms with van der Waals surface area (Å²) in [6.45, 7) is 5.66. The van der Waals surface area contributed by atoms with Crippen molar-refractivity contribution in [3.05, 3.63) is 48.0 Å². The molecule has 0 N–H and O–H groups in total. The highest BCUT2D eigenvalue weighted by atomic mass is 35.5. The highest BCUT2D eigenvalue weighted by molar-refractivity contribution is 5.86. The van der Waals surface area contributed by atoms with Gasteiger partial charge in [0.2, 0.25) is 0 Å². The van der Waals surface area contributed by atoms with Gasteiger partial charge in [0.25, 0.3) is 0 Å². The maximum atomic E-state index is 11.4. The second-order valence-corrected chi connectivity index (χ2v) is 5.75. The summed E-state index contributed by atoms with van der Waals surface area (Å²) in [6, 6.07) is 10.6. The number of esters is 1. The van der Waals surface area contributed by atoms with Gasteiger partial charge in [-0.05, 0) is 6.92 Å². The van der Waals surface area contributed by atoms with E-state index in [0.29, 0.717) is 18.2 Å². The van der Waals surface area contributed by atoms with Crippen LogP contribution in [-0.4, -0.2) is 38.2 Å². The number of ether oxygens (including phenoxy) is 1. The van der Waals surface area contributed by atoms with E-state index in [9.17, 15) is 4.79 Å². The number of hydrogen-bond donors (Lipinski definition) is 0. The molecule has 0 bridgehead atoms. The highest BCUT2D eigenvalue weighted by Gasteiger charge is 2.25. The number of quaternary nitrogens is 1. The van der Waals surface area contributed by atoms with Gasteiger partial charge in [-0.2, -0.15) is 0 Å². The largest absolute Gasteiger partial charge is 1.00 e. The molecular formula is C16H24ClNO2. The molecule has 0 aliphatic heterocycles. The maximum absolute atomic E-state index is 11.4. The third-order valence-corrected chi connectivity index (χ3v) is 3.09. The highest BCUT2D eigenvalue weighted by Crippen LogP contribution is 2.26. The van der Waals surface area contributed by atoms with E-state index in [1.165, 1.54) is 5.56 Å². The van der Waals surface area contributed by atoms with Gasteiger partial charge >= 0.3 is 5.97 Å². The third kappa shape index (κ3) is 5.76. The molecule has 1 aromatic carbocycles. The minimum atomic E-state index is -0.312. The fourth-order valence-corrected chi connectivity index (χ4v) is 2.06. The molecule has 0 spiro atoms. The van der Waals surface area contributed by atoms with E-state index >= 15 is 0 Å². The van der Waals surface area contributed by atoms with Crippen LogP contribution < -0.4 is 12.4 Å². The molecule has 0 aliphatic carbocycles. The summed E-state index contributed by atoms with van der Waals surface area (Å²) in [5.41, 5.74) is 1.71. The first-order chi connectivity index (χ1) is 8.82. The lowest BCUT2D eigenvalue weighted by atomic mass is 10.0. The van der Waals surface area contributed by atoms with Gasteiger partial charge in [-0.25, -0.2) is 4.79 Å². The van der Waals surface area contributed by atoms with Crippen LogP contribution in [0, 0.1) is 0 Å². The number of carbonyl (C=O) groups excluding carboxylic acids is 1. The Morgan fingerprint density at radius 2 is 1.80 bits per heavy atom. The van der Waals surface area contributed by atoms with Crippen LogP contribution in [0.15, 0.2) is 42.5 Å². The second kappa shape index (κ2) is 8.08. The third-order valence-electron chi connectivity index (χ3n) is 3.09. The second-order valence-electron chi connectivity index (χ2n) is 5.75. The molecule has 0 fully saturated rings. The van der Waals surface area contributed by atoms with Crippen LogP contribution in [0.4, 0.5) is 0 Å². The van der Waals surface area contributed by atoms with Crippen molar-refractivity contribution in [2.75, 3.05) is 27.7 Å². The molecule has 3 nitrogen and oxygen atoms in total. The Bertz CT molecular complexity index is 438. The van der Waals surface area contributed by atoms with Gasteiger partial charge in [0, 0.05) is 17.6 Å². The van der Waals surface area contributed by atoms with Crippen molar-refractivity contribution in [3.8, 4) is 0 Å². The van der Waals surface area contributed by atoms with Gasteiger partial charge in [-0.15, -0.1) is 0 Å². The first kappa shape index (κ1) is 18.7. The number of hydrogen-bond acceptors (Lipinski definition) is 2. The first-order valence-corrected chi connectivity index (χ1v) is 6.51. The maximum Gasteiger partial charge on any atom is 0.333 e. The lowest BCUT2D eigenvalue weighted by Gasteiger charge is -2.34. The number of benzene rings is 1. The Morgan fingerprint density at radius 3 is 2.25 bits per heavy atom. The fraction of sp³-hybridized carbons (Fsp3) is 0.438. The lowest BCUT2D eigenvalue weighted by molar-refractivity contribution is -0.902. The number of rotatable bonds is 6. The average Bonchev–Trinajstić information content (AvgIpc) is 2.33. The summed E-state index contributed by atoms with van der Waals surface area (Å²) in [6.07, 6.45) is 0.798. The molecule has 0 amide bonds. The van der Waals surface area contributed by atoms with Crippen molar-refractivity contribution in [3.63, 3.8) is 0 Å². The summed E-state index contributed by atoms with van der Waals surface area (Å²) in [7, 11) is 6.45. The zero-order valence-electron chi connectivity index (χ0n) is 12.7. The molecule has 1 unspecified atom stereocenters. The lowest BCUT2D eigenvalue weighted by Crippen LogP contribution is -3.00. The average molecular weight is 298 g/mol. The van der Waals surface area contributed by atoms with Gasteiger partial charge in [0.1, 0.15) is 6.04 Å². The topological polar surface area (TPSA) is 26.3 Å². The SMILES string of the molecule is C=C(C)C(=O)OCCC(c1ccccc1)[N+](C)(C)C.[Cl-]. The Morgan fingerprint density at radius 1 is 1.25 bits per heavy atom. The fourth-order valence-electron chi connectivity index (χ4n) is 2.06. The normalized spacial score (nSPS) is 12.2. The smallest absolute Gasteiger partial charge is 0.333 e. The van der Waals surface area contributed by atoms with Crippen LogP contribution in [-0.2, 0) is 9.53 Å². The van der Waals surface area contributed by atoms with Crippen molar-refractivity contribution in [2.24, 2.45) is 0 Å². The van der Waals surface area contributed by atoms with Crippen LogP contribution in [0.25, 0.3) is 0 Å². The van der Waals surface area contributed by atoms with Crippen molar-refractivity contribution in [1.29, 1.82) is 0 Å². The number of carbonyl (C=O) groups is 1. The molecule has 112 valence electrons. The van der Waals surface area contributed by atoms with E-state index in [1.54, 1.807) is 6.92 Å². The summed E-state index contributed by atoms with van der Waals surface area (Å²) in [4.78, 5) is 11.4. The number of nitrogens with zero attached hydrogens (tertiary/aromatic N) is 1. The first-order valence-electron chi connectivity index (χ1n) is 6.51. The zero-order valence-corrected chi connectivity index (χ0v) is 13.5. The van der Waals surface area contributed by atoms with Gasteiger partial charge < -0.3 is 21.6 Å². The summed E-state index contributed by atoms with van der Waals surface area (Å²) < 4.78 is 6.00. The Balaban J connectivity index is 0.00000361. The van der Waals surface area contributed by atoms with Crippen molar-refractivity contribution in [2.45, 2.75) is 19.4 Å². The quantitative estimate of drug-likeness (QED) is 0.418. The predicted molar refractivity (Wildman–Crippen MR) is 77.6 cm³/mol. The summed E-state index contributed by atoms with van der Waals surface area (Å²) in [5, 5.41) is 0. The van der Waals surface area contributed by atoms with Gasteiger partial charge in [-0.3, -0.25) is 0 Å². The van der Waals surface area contributed by atoms with E-state index in [4.69, 9.17) is 4.74 Å². The molecule has 4 heteroatoms. The van der Waals surface area contributed by atoms with Gasteiger partial charge in [0.15, 0.2) is 0 Å². The molecule has 0 aromatic heterocycles. The molecular weight excluding hydrogens is 274 g/mol. The minimum absolute atomic E-state index is 0. The monoisotopic (exact) mass is 297 g/mol. The van der Waals surface area contributed by atoms with E-state index < -0.39 is 0 Å². The molecule has 0 saturated carbocycles. The Hall–Kier alpha value is -1.32. The number of halogens is 1. The van der Waals surface area contributed by atoms with Gasteiger partial charge in [0.05, 0.1) is 27.7 Å². The molecule has 0 saturated heterocycles. The van der Waals surface area contributed by atoms with Crippen LogP contribution in [0.5, 0.6) is 0 Å². The Labute approximate surface area is 128 Å². The molecule has 0 radical (unpaired) electrons. The van der Waals surface area contributed by atoms with Crippen LogP contribution in [0.1, 0.15) is 24.9 Å². The minimum Gasteiger partial charge on any atom is -1.00 e. The van der Waals surface area contributed by atoms with E-state index in [0.717, 1.165) is 10.9 Å². The molecule has 0 aliphatic rings. The van der Waals surface area contributed by atoms with E-state index in [2.05, 4.69) is 39.9 Å². The van der Waals surface area contributed by atoms with Crippen LogP contribution in [0.2, 0.25) is 0 Å². The standard InChI is InChI=1S/C16H24NO2.ClH/c1-13(2)16(18)19-12-11-15(17(3,4)5)14-9-7-6-8-10-14;/h6-10,15H,1,11-12H2,2-5H3;1H/q+1;/p-1. The Kier molecular flexibility index (Phi) is 7.54.